The molecule has 2 N–H and O–H groups in total. The van der Waals surface area contributed by atoms with Gasteiger partial charge in [-0.25, -0.2) is 0 Å². The number of carboxylic acid groups (broad SMARTS) is 1. The van der Waals surface area contributed by atoms with Crippen molar-refractivity contribution < 1.29 is 14.7 Å². The maximum Gasteiger partial charge on any atom is 0.303 e. The molecule has 27 heavy (non-hydrogen) atoms. The number of hydrogen-bond donors (Lipinski definition) is 2. The van der Waals surface area contributed by atoms with Crippen LogP contribution in [0.3, 0.4) is 0 Å². The smallest absolute Gasteiger partial charge is 0.303 e. The molecule has 0 aliphatic rings. The lowest BCUT2D eigenvalue weighted by atomic mass is 9.95. The molecule has 0 unspecified atom stereocenters. The standard InChI is InChI=1S/C21H24N2O3S/c1-4-13(2)15-8-10-16(11-9-15)20-14(3)27-21(17(20)12-22)23-18(24)6-5-7-19(25)26/h8-11,13H,4-7H2,1-3H3,(H,23,24)(H,25,26)/t13-/m1/s1. The second kappa shape index (κ2) is 9.33. The monoisotopic (exact) mass is 384 g/mol. The van der Waals surface area contributed by atoms with Crippen molar-refractivity contribution in [3.63, 3.8) is 0 Å². The second-order valence-electron chi connectivity index (χ2n) is 6.58. The molecular weight excluding hydrogens is 360 g/mol. The zero-order chi connectivity index (χ0) is 20.0. The van der Waals surface area contributed by atoms with Gasteiger partial charge in [-0.3, -0.25) is 9.59 Å². The van der Waals surface area contributed by atoms with Crippen molar-refractivity contribution in [3.05, 3.63) is 40.3 Å². The number of amides is 1. The molecule has 0 fully saturated rings. The number of nitriles is 1. The lowest BCUT2D eigenvalue weighted by molar-refractivity contribution is -0.137. The number of nitrogens with one attached hydrogen (secondary N) is 1. The molecule has 1 aromatic carbocycles. The van der Waals surface area contributed by atoms with Crippen LogP contribution >= 0.6 is 11.3 Å². The van der Waals surface area contributed by atoms with Crippen molar-refractivity contribution in [2.24, 2.45) is 0 Å². The summed E-state index contributed by atoms with van der Waals surface area (Å²) in [6.07, 6.45) is 1.42. The average molecular weight is 385 g/mol. The van der Waals surface area contributed by atoms with E-state index in [4.69, 9.17) is 5.11 Å². The van der Waals surface area contributed by atoms with E-state index in [1.54, 1.807) is 0 Å². The minimum Gasteiger partial charge on any atom is -0.481 e. The summed E-state index contributed by atoms with van der Waals surface area (Å²) in [6, 6.07) is 10.4. The molecular formula is C21H24N2O3S. The fourth-order valence-corrected chi connectivity index (χ4v) is 3.93. The highest BCUT2D eigenvalue weighted by atomic mass is 32.1. The molecule has 1 aromatic heterocycles. The number of thiophene rings is 1. The van der Waals surface area contributed by atoms with Gasteiger partial charge in [0.25, 0.3) is 0 Å². The molecule has 0 saturated carbocycles. The Balaban J connectivity index is 2.23. The number of rotatable bonds is 8. The largest absolute Gasteiger partial charge is 0.481 e. The van der Waals surface area contributed by atoms with E-state index in [0.717, 1.165) is 22.4 Å². The van der Waals surface area contributed by atoms with Crippen LogP contribution in [0, 0.1) is 18.3 Å². The molecule has 6 heteroatoms. The number of carbonyl (C=O) groups excluding carboxylic acids is 1. The number of nitrogens with zero attached hydrogens (tertiary/aromatic N) is 1. The summed E-state index contributed by atoms with van der Waals surface area (Å²) in [5.74, 6) is -0.706. The maximum absolute atomic E-state index is 12.1. The second-order valence-corrected chi connectivity index (χ2v) is 7.80. The first-order chi connectivity index (χ1) is 12.9. The molecule has 0 aliphatic heterocycles. The van der Waals surface area contributed by atoms with Gasteiger partial charge in [-0.1, -0.05) is 38.1 Å². The molecule has 2 rings (SSSR count). The van der Waals surface area contributed by atoms with Crippen LogP contribution in [0.1, 0.15) is 61.5 Å². The van der Waals surface area contributed by atoms with E-state index in [1.165, 1.54) is 16.9 Å². The van der Waals surface area contributed by atoms with Crippen molar-refractivity contribution in [3.8, 4) is 17.2 Å². The normalized spacial score (nSPS) is 11.6. The van der Waals surface area contributed by atoms with Gasteiger partial charge in [-0.15, -0.1) is 11.3 Å². The molecule has 0 bridgehead atoms. The molecule has 1 amide bonds. The number of aryl methyl sites for hydroxylation is 1. The first kappa shape index (κ1) is 20.7. The minimum atomic E-state index is -0.921. The van der Waals surface area contributed by atoms with Crippen molar-refractivity contribution in [1.29, 1.82) is 5.26 Å². The fourth-order valence-electron chi connectivity index (χ4n) is 2.89. The molecule has 0 spiro atoms. The van der Waals surface area contributed by atoms with Crippen LogP contribution in [0.15, 0.2) is 24.3 Å². The summed E-state index contributed by atoms with van der Waals surface area (Å²) in [5, 5.41) is 21.6. The van der Waals surface area contributed by atoms with E-state index < -0.39 is 5.97 Å². The Morgan fingerprint density at radius 2 is 1.93 bits per heavy atom. The van der Waals surface area contributed by atoms with Gasteiger partial charge in [0.05, 0.1) is 5.56 Å². The molecule has 0 aliphatic carbocycles. The number of hydrogen-bond acceptors (Lipinski definition) is 4. The summed E-state index contributed by atoms with van der Waals surface area (Å²) in [4.78, 5) is 23.6. The van der Waals surface area contributed by atoms with Gasteiger partial charge < -0.3 is 10.4 Å². The third kappa shape index (κ3) is 5.18. The van der Waals surface area contributed by atoms with Crippen LogP contribution in [0.4, 0.5) is 5.00 Å². The number of carbonyl (C=O) groups is 2. The SMILES string of the molecule is CC[C@@H](C)c1ccc(-c2c(C)sc(NC(=O)CCCC(=O)O)c2C#N)cc1. The van der Waals surface area contributed by atoms with E-state index in [1.807, 2.05) is 19.1 Å². The summed E-state index contributed by atoms with van der Waals surface area (Å²) in [7, 11) is 0. The lowest BCUT2D eigenvalue weighted by Crippen LogP contribution is -2.11. The molecule has 5 nitrogen and oxygen atoms in total. The maximum atomic E-state index is 12.1. The molecule has 2 aromatic rings. The Bertz CT molecular complexity index is 863. The van der Waals surface area contributed by atoms with Gasteiger partial charge >= 0.3 is 5.97 Å². The molecule has 1 heterocycles. The van der Waals surface area contributed by atoms with Crippen LogP contribution < -0.4 is 5.32 Å². The lowest BCUT2D eigenvalue weighted by Gasteiger charge is -2.10. The van der Waals surface area contributed by atoms with E-state index in [-0.39, 0.29) is 25.2 Å². The number of anilines is 1. The predicted octanol–water partition coefficient (Wildman–Crippen LogP) is 5.30. The van der Waals surface area contributed by atoms with Gasteiger partial charge in [0, 0.05) is 23.3 Å². The molecule has 0 radical (unpaired) electrons. The highest BCUT2D eigenvalue weighted by Gasteiger charge is 2.19. The highest BCUT2D eigenvalue weighted by Crippen LogP contribution is 2.39. The molecule has 0 saturated heterocycles. The zero-order valence-corrected chi connectivity index (χ0v) is 16.7. The van der Waals surface area contributed by atoms with Gasteiger partial charge in [0.15, 0.2) is 0 Å². The zero-order valence-electron chi connectivity index (χ0n) is 15.8. The Hall–Kier alpha value is -2.65. The quantitative estimate of drug-likeness (QED) is 0.646. The summed E-state index contributed by atoms with van der Waals surface area (Å²) in [5.41, 5.74) is 3.53. The van der Waals surface area contributed by atoms with Crippen molar-refractivity contribution in [1.82, 2.24) is 0 Å². The van der Waals surface area contributed by atoms with Gasteiger partial charge in [0.2, 0.25) is 5.91 Å². The predicted molar refractivity (Wildman–Crippen MR) is 108 cm³/mol. The Morgan fingerprint density at radius 1 is 1.26 bits per heavy atom. The van der Waals surface area contributed by atoms with Gasteiger partial charge in [-0.2, -0.15) is 5.26 Å². The van der Waals surface area contributed by atoms with Crippen LogP contribution in [-0.2, 0) is 9.59 Å². The van der Waals surface area contributed by atoms with Gasteiger partial charge in [-0.05, 0) is 36.8 Å². The number of benzene rings is 1. The number of aliphatic carboxylic acids is 1. The highest BCUT2D eigenvalue weighted by molar-refractivity contribution is 7.17. The summed E-state index contributed by atoms with van der Waals surface area (Å²) < 4.78 is 0. The molecule has 1 atom stereocenters. The Kier molecular flexibility index (Phi) is 7.14. The topological polar surface area (TPSA) is 90.2 Å². The minimum absolute atomic E-state index is 0.0459. The van der Waals surface area contributed by atoms with E-state index in [9.17, 15) is 14.9 Å². The first-order valence-corrected chi connectivity index (χ1v) is 9.84. The molecule has 142 valence electrons. The Labute approximate surface area is 163 Å². The van der Waals surface area contributed by atoms with E-state index in [2.05, 4.69) is 37.4 Å². The van der Waals surface area contributed by atoms with E-state index >= 15 is 0 Å². The van der Waals surface area contributed by atoms with Crippen LogP contribution in [0.5, 0.6) is 0 Å². The first-order valence-electron chi connectivity index (χ1n) is 9.02. The summed E-state index contributed by atoms with van der Waals surface area (Å²) in [6.45, 7) is 6.27. The van der Waals surface area contributed by atoms with E-state index in [0.29, 0.717) is 16.5 Å². The van der Waals surface area contributed by atoms with Crippen LogP contribution in [0.25, 0.3) is 11.1 Å². The number of carboxylic acids is 1. The van der Waals surface area contributed by atoms with Crippen molar-refractivity contribution in [2.45, 2.75) is 52.4 Å². The Morgan fingerprint density at radius 3 is 2.48 bits per heavy atom. The third-order valence-electron chi connectivity index (χ3n) is 4.62. The van der Waals surface area contributed by atoms with Crippen molar-refractivity contribution in [2.75, 3.05) is 5.32 Å². The van der Waals surface area contributed by atoms with Gasteiger partial charge in [0.1, 0.15) is 11.1 Å². The third-order valence-corrected chi connectivity index (χ3v) is 5.64. The van der Waals surface area contributed by atoms with Crippen LogP contribution in [0.2, 0.25) is 0 Å². The average Bonchev–Trinajstić information content (AvgIpc) is 2.95. The summed E-state index contributed by atoms with van der Waals surface area (Å²) >= 11 is 1.37. The fraction of sp³-hybridized carbons (Fsp3) is 0.381. The van der Waals surface area contributed by atoms with Crippen LogP contribution in [-0.4, -0.2) is 17.0 Å². The van der Waals surface area contributed by atoms with Crippen molar-refractivity contribution >= 4 is 28.2 Å².